The van der Waals surface area contributed by atoms with Gasteiger partial charge in [0, 0.05) is 48.3 Å². The fourth-order valence-corrected chi connectivity index (χ4v) is 4.27. The number of aryl methyl sites for hydroxylation is 1. The quantitative estimate of drug-likeness (QED) is 0.647. The van der Waals surface area contributed by atoms with Crippen LogP contribution in [0.2, 0.25) is 0 Å². The molecule has 6 nitrogen and oxygen atoms in total. The number of H-pyrrole nitrogens is 1. The van der Waals surface area contributed by atoms with Gasteiger partial charge in [0.05, 0.1) is 12.6 Å². The molecule has 3 aromatic rings. The second-order valence-electron chi connectivity index (χ2n) is 7.57. The zero-order valence-corrected chi connectivity index (χ0v) is 17.4. The number of carbonyl (C=O) groups excluding carboxylic acids is 2. The Morgan fingerprint density at radius 3 is 2.37 bits per heavy atom. The van der Waals surface area contributed by atoms with Crippen molar-refractivity contribution in [2.45, 2.75) is 19.9 Å². The molecular formula is C24H27N3O3. The Labute approximate surface area is 176 Å². The first-order valence-electron chi connectivity index (χ1n) is 10.4. The van der Waals surface area contributed by atoms with Crippen LogP contribution >= 0.6 is 0 Å². The van der Waals surface area contributed by atoms with Crippen LogP contribution in [0.5, 0.6) is 0 Å². The Balaban J connectivity index is 1.66. The minimum atomic E-state index is -0.395. The normalized spacial score (nSPS) is 15.9. The number of ketones is 1. The van der Waals surface area contributed by atoms with Gasteiger partial charge in [0.1, 0.15) is 0 Å². The van der Waals surface area contributed by atoms with Crippen LogP contribution in [0.4, 0.5) is 4.79 Å². The smallest absolute Gasteiger partial charge is 0.409 e. The van der Waals surface area contributed by atoms with Crippen LogP contribution in [0.3, 0.4) is 0 Å². The highest BCUT2D eigenvalue weighted by Crippen LogP contribution is 2.31. The van der Waals surface area contributed by atoms with Crippen molar-refractivity contribution in [3.8, 4) is 0 Å². The van der Waals surface area contributed by atoms with Gasteiger partial charge in [-0.25, -0.2) is 4.79 Å². The first-order valence-corrected chi connectivity index (χ1v) is 10.4. The number of hydrogen-bond donors (Lipinski definition) is 1. The molecule has 4 rings (SSSR count). The van der Waals surface area contributed by atoms with Gasteiger partial charge in [-0.05, 0) is 25.5 Å². The zero-order chi connectivity index (χ0) is 21.1. The van der Waals surface area contributed by atoms with Crippen molar-refractivity contribution in [1.82, 2.24) is 14.8 Å². The van der Waals surface area contributed by atoms with Crippen LogP contribution in [-0.2, 0) is 4.74 Å². The number of nitrogens with zero attached hydrogens (tertiary/aromatic N) is 2. The number of amides is 1. The molecule has 1 saturated heterocycles. The fourth-order valence-electron chi connectivity index (χ4n) is 4.27. The molecule has 0 saturated carbocycles. The highest BCUT2D eigenvalue weighted by molar-refractivity contribution is 6.11. The van der Waals surface area contributed by atoms with Crippen LogP contribution in [-0.4, -0.2) is 59.4 Å². The number of hydrogen-bond acceptors (Lipinski definition) is 4. The summed E-state index contributed by atoms with van der Waals surface area (Å²) in [5, 5.41) is 0.950. The van der Waals surface area contributed by atoms with E-state index in [0.717, 1.165) is 27.7 Å². The molecule has 0 bridgehead atoms. The largest absolute Gasteiger partial charge is 0.450 e. The standard InChI is InChI=1S/C24H27N3O3/c1-3-30-24(29)27-15-13-26(14-16-27)22(18-9-5-4-6-10-18)23(28)21-17(2)25-20-12-8-7-11-19(20)21/h4-12,22,25H,3,13-16H2,1-2H3. The molecular weight excluding hydrogens is 378 g/mol. The number of Topliss-reactive ketones (excluding diaryl/α,β-unsaturated/α-hetero) is 1. The van der Waals surface area contributed by atoms with Crippen molar-refractivity contribution in [2.75, 3.05) is 32.8 Å². The number of para-hydroxylation sites is 1. The van der Waals surface area contributed by atoms with E-state index in [1.807, 2.05) is 68.4 Å². The lowest BCUT2D eigenvalue weighted by Gasteiger charge is -2.38. The molecule has 0 aliphatic carbocycles. The van der Waals surface area contributed by atoms with Crippen molar-refractivity contribution in [3.63, 3.8) is 0 Å². The third-order valence-corrected chi connectivity index (χ3v) is 5.71. The third-order valence-electron chi connectivity index (χ3n) is 5.71. The Hall–Kier alpha value is -3.12. The summed E-state index contributed by atoms with van der Waals surface area (Å²) in [4.78, 5) is 33.2. The zero-order valence-electron chi connectivity index (χ0n) is 17.4. The van der Waals surface area contributed by atoms with E-state index in [2.05, 4.69) is 9.88 Å². The molecule has 1 unspecified atom stereocenters. The number of carbonyl (C=O) groups is 2. The number of ether oxygens (including phenoxy) is 1. The maximum Gasteiger partial charge on any atom is 0.409 e. The monoisotopic (exact) mass is 405 g/mol. The molecule has 1 N–H and O–H groups in total. The molecule has 1 atom stereocenters. The number of nitrogens with one attached hydrogen (secondary N) is 1. The number of fused-ring (bicyclic) bond motifs is 1. The maximum atomic E-state index is 13.9. The second-order valence-corrected chi connectivity index (χ2v) is 7.57. The van der Waals surface area contributed by atoms with Crippen LogP contribution in [0, 0.1) is 6.92 Å². The first kappa shape index (κ1) is 20.2. The van der Waals surface area contributed by atoms with Gasteiger partial charge in [0.25, 0.3) is 0 Å². The highest BCUT2D eigenvalue weighted by atomic mass is 16.6. The van der Waals surface area contributed by atoms with Crippen molar-refractivity contribution in [3.05, 3.63) is 71.4 Å². The molecule has 1 amide bonds. The first-order chi connectivity index (χ1) is 14.6. The molecule has 1 aromatic heterocycles. The van der Waals surface area contributed by atoms with E-state index < -0.39 is 6.04 Å². The van der Waals surface area contributed by atoms with Crippen molar-refractivity contribution in [1.29, 1.82) is 0 Å². The van der Waals surface area contributed by atoms with Gasteiger partial charge in [0.2, 0.25) is 0 Å². The minimum absolute atomic E-state index is 0.0840. The average molecular weight is 405 g/mol. The highest BCUT2D eigenvalue weighted by Gasteiger charge is 2.34. The predicted molar refractivity (Wildman–Crippen MR) is 117 cm³/mol. The predicted octanol–water partition coefficient (Wildman–Crippen LogP) is 4.17. The Morgan fingerprint density at radius 1 is 1.00 bits per heavy atom. The van der Waals surface area contributed by atoms with E-state index in [4.69, 9.17) is 4.74 Å². The van der Waals surface area contributed by atoms with E-state index in [-0.39, 0.29) is 11.9 Å². The van der Waals surface area contributed by atoms with Crippen LogP contribution in [0.25, 0.3) is 10.9 Å². The molecule has 1 aliphatic rings. The lowest BCUT2D eigenvalue weighted by atomic mass is 9.93. The van der Waals surface area contributed by atoms with Gasteiger partial charge >= 0.3 is 6.09 Å². The lowest BCUT2D eigenvalue weighted by molar-refractivity contribution is 0.0575. The molecule has 1 fully saturated rings. The summed E-state index contributed by atoms with van der Waals surface area (Å²) in [7, 11) is 0. The van der Waals surface area contributed by atoms with Crippen molar-refractivity contribution >= 4 is 22.8 Å². The van der Waals surface area contributed by atoms with Gasteiger partial charge in [-0.15, -0.1) is 0 Å². The van der Waals surface area contributed by atoms with Crippen LogP contribution in [0.15, 0.2) is 54.6 Å². The molecule has 0 spiro atoms. The summed E-state index contributed by atoms with van der Waals surface area (Å²) in [5.74, 6) is 0.0840. The van der Waals surface area contributed by atoms with Crippen LogP contribution in [0.1, 0.15) is 34.6 Å². The van der Waals surface area contributed by atoms with E-state index in [0.29, 0.717) is 32.8 Å². The Kier molecular flexibility index (Phi) is 5.86. The van der Waals surface area contributed by atoms with E-state index in [1.165, 1.54) is 0 Å². The summed E-state index contributed by atoms with van der Waals surface area (Å²) in [6.07, 6.45) is -0.285. The third kappa shape index (κ3) is 3.83. The minimum Gasteiger partial charge on any atom is -0.450 e. The molecule has 30 heavy (non-hydrogen) atoms. The van der Waals surface area contributed by atoms with Gasteiger partial charge < -0.3 is 14.6 Å². The Bertz CT molecular complexity index is 1040. The van der Waals surface area contributed by atoms with E-state index in [1.54, 1.807) is 4.90 Å². The van der Waals surface area contributed by atoms with E-state index in [9.17, 15) is 9.59 Å². The molecule has 0 radical (unpaired) electrons. The average Bonchev–Trinajstić information content (AvgIpc) is 3.11. The SMILES string of the molecule is CCOC(=O)N1CCN(C(C(=O)c2c(C)[nH]c3ccccc23)c2ccccc2)CC1. The van der Waals surface area contributed by atoms with Gasteiger partial charge in [0.15, 0.2) is 5.78 Å². The summed E-state index contributed by atoms with van der Waals surface area (Å²) in [6.45, 7) is 6.45. The molecule has 2 aromatic carbocycles. The molecule has 1 aliphatic heterocycles. The summed E-state index contributed by atoms with van der Waals surface area (Å²) in [5.41, 5.74) is 3.56. The number of rotatable bonds is 5. The number of aromatic amines is 1. The fraction of sp³-hybridized carbons (Fsp3) is 0.333. The summed E-state index contributed by atoms with van der Waals surface area (Å²) in [6, 6.07) is 17.4. The number of piperazine rings is 1. The van der Waals surface area contributed by atoms with Gasteiger partial charge in [-0.2, -0.15) is 0 Å². The summed E-state index contributed by atoms with van der Waals surface area (Å²) < 4.78 is 5.13. The summed E-state index contributed by atoms with van der Waals surface area (Å²) >= 11 is 0. The topological polar surface area (TPSA) is 65.6 Å². The van der Waals surface area contributed by atoms with Gasteiger partial charge in [-0.3, -0.25) is 9.69 Å². The molecule has 6 heteroatoms. The van der Waals surface area contributed by atoms with Gasteiger partial charge in [-0.1, -0.05) is 48.5 Å². The van der Waals surface area contributed by atoms with Crippen molar-refractivity contribution in [2.24, 2.45) is 0 Å². The lowest BCUT2D eigenvalue weighted by Crippen LogP contribution is -2.51. The van der Waals surface area contributed by atoms with Crippen LogP contribution < -0.4 is 0 Å². The second kappa shape index (κ2) is 8.71. The maximum absolute atomic E-state index is 13.9. The number of benzene rings is 2. The number of aromatic nitrogens is 1. The Morgan fingerprint density at radius 2 is 1.67 bits per heavy atom. The molecule has 2 heterocycles. The van der Waals surface area contributed by atoms with E-state index >= 15 is 0 Å². The van der Waals surface area contributed by atoms with Crippen molar-refractivity contribution < 1.29 is 14.3 Å². The molecule has 156 valence electrons.